The molecular weight excluding hydrogens is 583 g/mol. The number of rotatable bonds is 9. The fourth-order valence-electron chi connectivity index (χ4n) is 4.61. The smallest absolute Gasteiger partial charge is 0.234 e. The number of anilines is 2. The van der Waals surface area contributed by atoms with E-state index in [0.717, 1.165) is 53.2 Å². The summed E-state index contributed by atoms with van der Waals surface area (Å²) in [6.07, 6.45) is 0. The third kappa shape index (κ3) is 6.20. The average Bonchev–Trinajstić information content (AvgIpc) is 3.58. The van der Waals surface area contributed by atoms with Crippen molar-refractivity contribution in [1.82, 2.24) is 14.5 Å². The summed E-state index contributed by atoms with van der Waals surface area (Å²) >= 11 is 4.32. The molecule has 0 atom stereocenters. The predicted molar refractivity (Wildman–Crippen MR) is 175 cm³/mol. The highest BCUT2D eigenvalue weighted by Crippen LogP contribution is 2.32. The number of para-hydroxylation sites is 4. The number of aromatic nitrogens is 3. The number of aryl methyl sites for hydroxylation is 2. The number of amides is 2. The first-order valence-corrected chi connectivity index (χ1v) is 16.1. The number of carbonyl (C=O) groups is 2. The van der Waals surface area contributed by atoms with Crippen LogP contribution in [0.25, 0.3) is 26.9 Å². The van der Waals surface area contributed by atoms with E-state index < -0.39 is 0 Å². The van der Waals surface area contributed by atoms with E-state index in [4.69, 9.17) is 4.98 Å². The van der Waals surface area contributed by atoms with E-state index in [1.165, 1.54) is 34.9 Å². The maximum atomic E-state index is 12.9. The molecule has 2 N–H and O–H groups in total. The van der Waals surface area contributed by atoms with Crippen LogP contribution in [0.2, 0.25) is 0 Å². The van der Waals surface area contributed by atoms with E-state index in [0.29, 0.717) is 5.69 Å². The van der Waals surface area contributed by atoms with E-state index in [9.17, 15) is 9.59 Å². The summed E-state index contributed by atoms with van der Waals surface area (Å²) in [5.74, 6) is 0.298. The van der Waals surface area contributed by atoms with Crippen molar-refractivity contribution in [3.63, 3.8) is 0 Å². The van der Waals surface area contributed by atoms with Crippen molar-refractivity contribution in [3.8, 4) is 5.69 Å². The molecule has 0 saturated heterocycles. The lowest BCUT2D eigenvalue weighted by atomic mass is 10.1. The topological polar surface area (TPSA) is 88.9 Å². The van der Waals surface area contributed by atoms with Crippen molar-refractivity contribution in [2.45, 2.75) is 23.3 Å². The van der Waals surface area contributed by atoms with Gasteiger partial charge in [-0.2, -0.15) is 0 Å². The van der Waals surface area contributed by atoms with E-state index in [1.54, 1.807) is 0 Å². The summed E-state index contributed by atoms with van der Waals surface area (Å²) in [5.41, 5.74) is 7.37. The highest BCUT2D eigenvalue weighted by Gasteiger charge is 2.15. The molecule has 7 nitrogen and oxygen atoms in total. The Morgan fingerprint density at radius 3 is 2.29 bits per heavy atom. The number of imidazole rings is 1. The molecule has 2 amide bonds. The molecule has 0 aliphatic heterocycles. The Morgan fingerprint density at radius 1 is 0.762 bits per heavy atom. The minimum atomic E-state index is -0.117. The SMILES string of the molecule is Cc1cccc(C)c1NC(=O)CSc1nc2ccc(NC(=O)CSc3nc4ccccc4n3-c3ccccc3)cc2s1. The quantitative estimate of drug-likeness (QED) is 0.163. The Morgan fingerprint density at radius 2 is 1.48 bits per heavy atom. The van der Waals surface area contributed by atoms with Gasteiger partial charge in [0.25, 0.3) is 0 Å². The van der Waals surface area contributed by atoms with Crippen molar-refractivity contribution in [2.75, 3.05) is 22.1 Å². The van der Waals surface area contributed by atoms with Gasteiger partial charge in [-0.1, -0.05) is 72.1 Å². The molecule has 0 bridgehead atoms. The average molecular weight is 610 g/mol. The Hall–Kier alpha value is -4.12. The Kier molecular flexibility index (Phi) is 8.27. The second-order valence-corrected chi connectivity index (χ2v) is 12.9. The standard InChI is InChI=1S/C32H27N5O2S3/c1-20-9-8-10-21(2)30(20)36-29(39)19-41-32-35-25-16-15-22(17-27(25)42-32)33-28(38)18-40-31-34-24-13-6-7-14-26(24)37(31)23-11-4-3-5-12-23/h3-17H,18-19H2,1-2H3,(H,33,38)(H,36,39). The van der Waals surface area contributed by atoms with Gasteiger partial charge in [-0.25, -0.2) is 9.97 Å². The molecule has 6 rings (SSSR count). The second kappa shape index (κ2) is 12.4. The lowest BCUT2D eigenvalue weighted by Gasteiger charge is -2.10. The number of benzene rings is 4. The fraction of sp³-hybridized carbons (Fsp3) is 0.125. The van der Waals surface area contributed by atoms with Crippen LogP contribution in [0.15, 0.2) is 100 Å². The summed E-state index contributed by atoms with van der Waals surface area (Å²) in [4.78, 5) is 35.0. The van der Waals surface area contributed by atoms with E-state index in [2.05, 4.69) is 20.2 Å². The van der Waals surface area contributed by atoms with Crippen LogP contribution in [0.1, 0.15) is 11.1 Å². The molecule has 0 fully saturated rings. The predicted octanol–water partition coefficient (Wildman–Crippen LogP) is 7.71. The summed E-state index contributed by atoms with van der Waals surface area (Å²) in [5, 5.41) is 6.79. The minimum absolute atomic E-state index is 0.0668. The zero-order valence-electron chi connectivity index (χ0n) is 23.0. The van der Waals surface area contributed by atoms with E-state index >= 15 is 0 Å². The number of nitrogens with one attached hydrogen (secondary N) is 2. The Labute approximate surface area is 255 Å². The number of thioether (sulfide) groups is 2. The van der Waals surface area contributed by atoms with Gasteiger partial charge in [-0.15, -0.1) is 11.3 Å². The van der Waals surface area contributed by atoms with Crippen LogP contribution in [0.4, 0.5) is 11.4 Å². The number of carbonyl (C=O) groups excluding carboxylic acids is 2. The summed E-state index contributed by atoms with van der Waals surface area (Å²) in [6.45, 7) is 3.97. The zero-order valence-corrected chi connectivity index (χ0v) is 25.4. The van der Waals surface area contributed by atoms with Crippen molar-refractivity contribution in [3.05, 3.63) is 102 Å². The Balaban J connectivity index is 1.09. The van der Waals surface area contributed by atoms with Gasteiger partial charge in [0.2, 0.25) is 11.8 Å². The highest BCUT2D eigenvalue weighted by atomic mass is 32.2. The first kappa shape index (κ1) is 28.0. The maximum absolute atomic E-state index is 12.9. The van der Waals surface area contributed by atoms with Crippen LogP contribution in [0, 0.1) is 13.8 Å². The number of hydrogen-bond donors (Lipinski definition) is 2. The number of nitrogens with zero attached hydrogens (tertiary/aromatic N) is 3. The molecule has 2 heterocycles. The molecule has 4 aromatic carbocycles. The molecule has 10 heteroatoms. The molecule has 0 radical (unpaired) electrons. The first-order chi connectivity index (χ1) is 20.4. The molecule has 2 aromatic heterocycles. The second-order valence-electron chi connectivity index (χ2n) is 9.66. The van der Waals surface area contributed by atoms with Crippen LogP contribution < -0.4 is 10.6 Å². The van der Waals surface area contributed by atoms with Crippen molar-refractivity contribution in [2.24, 2.45) is 0 Å². The lowest BCUT2D eigenvalue weighted by molar-refractivity contribution is -0.114. The normalized spacial score (nSPS) is 11.2. The van der Waals surface area contributed by atoms with E-state index in [1.807, 2.05) is 105 Å². The summed E-state index contributed by atoms with van der Waals surface area (Å²) < 4.78 is 3.84. The van der Waals surface area contributed by atoms with Crippen LogP contribution in [-0.2, 0) is 9.59 Å². The molecular formula is C32H27N5O2S3. The van der Waals surface area contributed by atoms with Gasteiger partial charge in [0.15, 0.2) is 9.50 Å². The molecule has 0 saturated carbocycles. The van der Waals surface area contributed by atoms with Crippen molar-refractivity contribution < 1.29 is 9.59 Å². The molecule has 6 aromatic rings. The van der Waals surface area contributed by atoms with Gasteiger partial charge in [0, 0.05) is 17.1 Å². The largest absolute Gasteiger partial charge is 0.325 e. The summed E-state index contributed by atoms with van der Waals surface area (Å²) in [6, 6.07) is 29.6. The van der Waals surface area contributed by atoms with Crippen LogP contribution in [0.3, 0.4) is 0 Å². The molecule has 0 aliphatic rings. The fourth-order valence-corrected chi connectivity index (χ4v) is 7.35. The zero-order chi connectivity index (χ0) is 29.1. The summed E-state index contributed by atoms with van der Waals surface area (Å²) in [7, 11) is 0. The van der Waals surface area contributed by atoms with Crippen molar-refractivity contribution in [1.29, 1.82) is 0 Å². The van der Waals surface area contributed by atoms with Gasteiger partial charge in [0.05, 0.1) is 32.8 Å². The van der Waals surface area contributed by atoms with Crippen LogP contribution in [-0.4, -0.2) is 37.9 Å². The van der Waals surface area contributed by atoms with Crippen LogP contribution >= 0.6 is 34.9 Å². The van der Waals surface area contributed by atoms with E-state index in [-0.39, 0.29) is 23.3 Å². The monoisotopic (exact) mass is 609 g/mol. The van der Waals surface area contributed by atoms with Gasteiger partial charge >= 0.3 is 0 Å². The molecule has 42 heavy (non-hydrogen) atoms. The first-order valence-electron chi connectivity index (χ1n) is 13.3. The van der Waals surface area contributed by atoms with Gasteiger partial charge < -0.3 is 10.6 Å². The molecule has 210 valence electrons. The molecule has 0 unspecified atom stereocenters. The number of thiazole rings is 1. The minimum Gasteiger partial charge on any atom is -0.325 e. The molecule has 0 aliphatic carbocycles. The van der Waals surface area contributed by atoms with Gasteiger partial charge in [0.1, 0.15) is 0 Å². The van der Waals surface area contributed by atoms with Gasteiger partial charge in [-0.3, -0.25) is 14.2 Å². The maximum Gasteiger partial charge on any atom is 0.234 e. The number of hydrogen-bond acceptors (Lipinski definition) is 7. The van der Waals surface area contributed by atoms with Crippen molar-refractivity contribution >= 4 is 79.3 Å². The van der Waals surface area contributed by atoms with Crippen LogP contribution in [0.5, 0.6) is 0 Å². The highest BCUT2D eigenvalue weighted by molar-refractivity contribution is 8.01. The lowest BCUT2D eigenvalue weighted by Crippen LogP contribution is -2.15. The Bertz CT molecular complexity index is 1900. The third-order valence-corrected chi connectivity index (χ3v) is 9.70. The number of fused-ring (bicyclic) bond motifs is 2. The molecule has 0 spiro atoms. The third-order valence-electron chi connectivity index (χ3n) is 6.60. The van der Waals surface area contributed by atoms with Gasteiger partial charge in [-0.05, 0) is 67.4 Å².